The predicted molar refractivity (Wildman–Crippen MR) is 132 cm³/mol. The number of fused-ring (bicyclic) bond motifs is 2. The number of Topliss-reactive ketones (excluding diaryl/α,β-unsaturated/α-hetero) is 1. The van der Waals surface area contributed by atoms with Crippen molar-refractivity contribution in [2.75, 3.05) is 61.8 Å². The number of piperazine rings is 1. The number of nitrogens with two attached hydrogens (primary N) is 1. The molecule has 1 amide bonds. The highest BCUT2D eigenvalue weighted by Gasteiger charge is 2.30. The molecule has 9 heteroatoms. The molecule has 0 radical (unpaired) electrons. The SMILES string of the molecule is CCCN(CCN1CCN(c2ccc3c(c2)C(=O)C(=O)N3)CC1)[C@H]1CCc2nc(N)sc2C1. The van der Waals surface area contributed by atoms with E-state index in [-0.39, 0.29) is 0 Å². The summed E-state index contributed by atoms with van der Waals surface area (Å²) in [7, 11) is 0. The van der Waals surface area contributed by atoms with Gasteiger partial charge in [0.05, 0.1) is 16.9 Å². The minimum Gasteiger partial charge on any atom is -0.375 e. The number of rotatable bonds is 7. The number of anilines is 3. The van der Waals surface area contributed by atoms with Crippen LogP contribution in [-0.2, 0) is 17.6 Å². The lowest BCUT2D eigenvalue weighted by Gasteiger charge is -2.39. The molecule has 1 aromatic heterocycles. The number of ketones is 1. The summed E-state index contributed by atoms with van der Waals surface area (Å²) < 4.78 is 0. The maximum atomic E-state index is 12.0. The first-order valence-corrected chi connectivity index (χ1v) is 12.8. The van der Waals surface area contributed by atoms with E-state index in [1.807, 2.05) is 18.2 Å². The third-order valence-electron chi connectivity index (χ3n) is 7.10. The highest BCUT2D eigenvalue weighted by Crippen LogP contribution is 2.31. The number of hydrogen-bond donors (Lipinski definition) is 2. The first-order valence-electron chi connectivity index (χ1n) is 12.0. The standard InChI is InChI=1S/C24H32N6O2S/c1-2-7-29(17-4-6-20-21(15-17)33-24(25)27-20)11-8-28-9-12-30(13-10-28)16-3-5-19-18(14-16)22(31)23(32)26-19/h3,5,14,17H,2,4,6-13,15H2,1H3,(H2,25,27)(H,26,31,32)/t17-/m0/s1. The predicted octanol–water partition coefficient (Wildman–Crippen LogP) is 2.25. The van der Waals surface area contributed by atoms with Crippen molar-refractivity contribution in [3.05, 3.63) is 34.3 Å². The van der Waals surface area contributed by atoms with Crippen molar-refractivity contribution < 1.29 is 9.59 Å². The van der Waals surface area contributed by atoms with Crippen LogP contribution < -0.4 is 16.0 Å². The molecular formula is C24H32N6O2S. The maximum Gasteiger partial charge on any atom is 0.296 e. The normalized spacial score (nSPS) is 20.8. The van der Waals surface area contributed by atoms with Crippen LogP contribution in [0.4, 0.5) is 16.5 Å². The molecule has 1 saturated heterocycles. The molecule has 1 aliphatic carbocycles. The third-order valence-corrected chi connectivity index (χ3v) is 8.05. The summed E-state index contributed by atoms with van der Waals surface area (Å²) >= 11 is 1.66. The van der Waals surface area contributed by atoms with Gasteiger partial charge in [-0.3, -0.25) is 19.4 Å². The Hall–Kier alpha value is -2.49. The van der Waals surface area contributed by atoms with Gasteiger partial charge >= 0.3 is 0 Å². The molecule has 1 atom stereocenters. The zero-order chi connectivity index (χ0) is 22.9. The Kier molecular flexibility index (Phi) is 6.36. The van der Waals surface area contributed by atoms with Gasteiger partial charge in [0.1, 0.15) is 0 Å². The van der Waals surface area contributed by atoms with E-state index in [0.717, 1.165) is 70.8 Å². The van der Waals surface area contributed by atoms with Crippen LogP contribution in [0.3, 0.4) is 0 Å². The van der Waals surface area contributed by atoms with Crippen molar-refractivity contribution in [2.45, 2.75) is 38.6 Å². The topological polar surface area (TPSA) is 94.8 Å². The minimum absolute atomic E-state index is 0.433. The molecule has 2 aromatic rings. The fraction of sp³-hybridized carbons (Fsp3) is 0.542. The van der Waals surface area contributed by atoms with Crippen LogP contribution >= 0.6 is 11.3 Å². The van der Waals surface area contributed by atoms with Crippen LogP contribution in [0.25, 0.3) is 0 Å². The van der Waals surface area contributed by atoms with Gasteiger partial charge in [-0.1, -0.05) is 6.92 Å². The zero-order valence-electron chi connectivity index (χ0n) is 19.2. The fourth-order valence-corrected chi connectivity index (χ4v) is 6.23. The molecule has 1 fully saturated rings. The lowest BCUT2D eigenvalue weighted by Crippen LogP contribution is -2.50. The van der Waals surface area contributed by atoms with Crippen LogP contribution in [0.15, 0.2) is 18.2 Å². The van der Waals surface area contributed by atoms with Gasteiger partial charge in [0, 0.05) is 55.9 Å². The molecule has 5 rings (SSSR count). The number of thiazole rings is 1. The number of amides is 1. The smallest absolute Gasteiger partial charge is 0.296 e. The fourth-order valence-electron chi connectivity index (χ4n) is 5.28. The van der Waals surface area contributed by atoms with Crippen molar-refractivity contribution in [2.24, 2.45) is 0 Å². The molecule has 8 nitrogen and oxygen atoms in total. The van der Waals surface area contributed by atoms with Crippen molar-refractivity contribution in [3.63, 3.8) is 0 Å². The molecule has 0 saturated carbocycles. The average molecular weight is 469 g/mol. The van der Waals surface area contributed by atoms with E-state index < -0.39 is 11.7 Å². The lowest BCUT2D eigenvalue weighted by atomic mass is 9.96. The van der Waals surface area contributed by atoms with E-state index in [4.69, 9.17) is 5.73 Å². The Labute approximate surface area is 198 Å². The molecule has 3 aliphatic rings. The molecule has 176 valence electrons. The maximum absolute atomic E-state index is 12.0. The Morgan fingerprint density at radius 1 is 1.21 bits per heavy atom. The van der Waals surface area contributed by atoms with Crippen LogP contribution in [0.2, 0.25) is 0 Å². The van der Waals surface area contributed by atoms with Gasteiger partial charge in [0.2, 0.25) is 0 Å². The third kappa shape index (κ3) is 4.62. The molecule has 0 unspecified atom stereocenters. The zero-order valence-corrected chi connectivity index (χ0v) is 20.0. The molecule has 3 heterocycles. The van der Waals surface area contributed by atoms with Crippen molar-refractivity contribution in [1.29, 1.82) is 0 Å². The summed E-state index contributed by atoms with van der Waals surface area (Å²) in [6, 6.07) is 6.28. The average Bonchev–Trinajstić information content (AvgIpc) is 3.34. The number of aryl methyl sites for hydroxylation is 1. The summed E-state index contributed by atoms with van der Waals surface area (Å²) in [6.45, 7) is 9.40. The second kappa shape index (κ2) is 9.40. The summed E-state index contributed by atoms with van der Waals surface area (Å²) in [4.78, 5) is 37.0. The van der Waals surface area contributed by atoms with Gasteiger partial charge in [-0.25, -0.2) is 4.98 Å². The van der Waals surface area contributed by atoms with Gasteiger partial charge < -0.3 is 16.0 Å². The second-order valence-corrected chi connectivity index (χ2v) is 10.3. The number of carbonyl (C=O) groups is 2. The van der Waals surface area contributed by atoms with Gasteiger partial charge in [0.25, 0.3) is 11.7 Å². The Morgan fingerprint density at radius 3 is 2.82 bits per heavy atom. The molecule has 0 spiro atoms. The number of nitrogens with one attached hydrogen (secondary N) is 1. The largest absolute Gasteiger partial charge is 0.375 e. The first kappa shape index (κ1) is 22.3. The monoisotopic (exact) mass is 468 g/mol. The molecule has 1 aromatic carbocycles. The van der Waals surface area contributed by atoms with Crippen molar-refractivity contribution in [3.8, 4) is 0 Å². The quantitative estimate of drug-likeness (QED) is 0.602. The Morgan fingerprint density at radius 2 is 2.03 bits per heavy atom. The van der Waals surface area contributed by atoms with Crippen molar-refractivity contribution >= 4 is 39.5 Å². The number of nitrogen functional groups attached to an aromatic ring is 1. The van der Waals surface area contributed by atoms with E-state index in [1.165, 1.54) is 17.0 Å². The van der Waals surface area contributed by atoms with Crippen LogP contribution in [0.5, 0.6) is 0 Å². The highest BCUT2D eigenvalue weighted by atomic mass is 32.1. The van der Waals surface area contributed by atoms with E-state index in [9.17, 15) is 9.59 Å². The summed E-state index contributed by atoms with van der Waals surface area (Å²) in [6.07, 6.45) is 4.44. The van der Waals surface area contributed by atoms with Gasteiger partial charge in [-0.2, -0.15) is 0 Å². The molecule has 3 N–H and O–H groups in total. The van der Waals surface area contributed by atoms with Gasteiger partial charge in [-0.05, 0) is 50.4 Å². The molecule has 0 bridgehead atoms. The Bertz CT molecular complexity index is 1050. The van der Waals surface area contributed by atoms with E-state index in [0.29, 0.717) is 22.4 Å². The van der Waals surface area contributed by atoms with E-state index >= 15 is 0 Å². The van der Waals surface area contributed by atoms with Crippen LogP contribution in [0.1, 0.15) is 40.7 Å². The summed E-state index contributed by atoms with van der Waals surface area (Å²) in [5.41, 5.74) is 9.29. The number of nitrogens with zero attached hydrogens (tertiary/aromatic N) is 4. The number of hydrogen-bond acceptors (Lipinski definition) is 8. The number of benzene rings is 1. The molecule has 33 heavy (non-hydrogen) atoms. The summed E-state index contributed by atoms with van der Waals surface area (Å²) in [5, 5.41) is 3.33. The van der Waals surface area contributed by atoms with Gasteiger partial charge in [-0.15, -0.1) is 11.3 Å². The van der Waals surface area contributed by atoms with Crippen LogP contribution in [-0.4, -0.2) is 78.3 Å². The minimum atomic E-state index is -0.531. The van der Waals surface area contributed by atoms with Crippen molar-refractivity contribution in [1.82, 2.24) is 14.8 Å². The Balaban J connectivity index is 1.14. The van der Waals surface area contributed by atoms with Gasteiger partial charge in [0.15, 0.2) is 5.13 Å². The number of aromatic nitrogens is 1. The first-order chi connectivity index (χ1) is 16.0. The highest BCUT2D eigenvalue weighted by molar-refractivity contribution is 7.15. The lowest BCUT2D eigenvalue weighted by molar-refractivity contribution is -0.112. The second-order valence-electron chi connectivity index (χ2n) is 9.20. The van der Waals surface area contributed by atoms with E-state index in [1.54, 1.807) is 11.3 Å². The van der Waals surface area contributed by atoms with Crippen LogP contribution in [0, 0.1) is 0 Å². The summed E-state index contributed by atoms with van der Waals surface area (Å²) in [5.74, 6) is -0.964. The number of carbonyl (C=O) groups excluding carboxylic acids is 2. The molecular weight excluding hydrogens is 436 g/mol. The van der Waals surface area contributed by atoms with E-state index in [2.05, 4.69) is 31.9 Å². The molecule has 2 aliphatic heterocycles.